The van der Waals surface area contributed by atoms with Crippen LogP contribution >= 0.6 is 0 Å². The highest BCUT2D eigenvalue weighted by molar-refractivity contribution is 7.89. The molecule has 1 amide bonds. The number of carbonyl (C=O) groups is 1. The van der Waals surface area contributed by atoms with Gasteiger partial charge in [-0.15, -0.1) is 0 Å². The van der Waals surface area contributed by atoms with Gasteiger partial charge in [-0.2, -0.15) is 4.98 Å². The van der Waals surface area contributed by atoms with Gasteiger partial charge >= 0.3 is 0 Å². The summed E-state index contributed by atoms with van der Waals surface area (Å²) in [5, 5.41) is 6.77. The molecule has 9 nitrogen and oxygen atoms in total. The van der Waals surface area contributed by atoms with E-state index in [0.717, 1.165) is 11.1 Å². The fourth-order valence-corrected chi connectivity index (χ4v) is 4.61. The first-order valence-electron chi connectivity index (χ1n) is 12.3. The first kappa shape index (κ1) is 27.0. The van der Waals surface area contributed by atoms with Crippen molar-refractivity contribution in [1.82, 2.24) is 14.9 Å². The zero-order valence-electron chi connectivity index (χ0n) is 21.3. The van der Waals surface area contributed by atoms with E-state index in [-0.39, 0.29) is 23.3 Å². The molecule has 3 aromatic carbocycles. The number of carbonyl (C=O) groups excluding carboxylic acids is 1. The Morgan fingerprint density at radius 2 is 1.66 bits per heavy atom. The summed E-state index contributed by atoms with van der Waals surface area (Å²) in [5.74, 6) is 1.45. The summed E-state index contributed by atoms with van der Waals surface area (Å²) in [5.41, 5.74) is 2.67. The lowest BCUT2D eigenvalue weighted by Gasteiger charge is -2.10. The highest BCUT2D eigenvalue weighted by atomic mass is 32.2. The quantitative estimate of drug-likeness (QED) is 0.277. The van der Waals surface area contributed by atoms with Gasteiger partial charge in [0.05, 0.1) is 4.90 Å². The van der Waals surface area contributed by atoms with E-state index in [9.17, 15) is 13.2 Å². The normalized spacial score (nSPS) is 11.4. The second-order valence-corrected chi connectivity index (χ2v) is 10.8. The van der Waals surface area contributed by atoms with E-state index in [1.165, 1.54) is 24.3 Å². The number of aromatic nitrogens is 2. The summed E-state index contributed by atoms with van der Waals surface area (Å²) in [6.07, 6.45) is 1.12. The van der Waals surface area contributed by atoms with Crippen molar-refractivity contribution in [3.05, 3.63) is 102 Å². The lowest BCUT2D eigenvalue weighted by molar-refractivity contribution is -0.118. The molecule has 0 aliphatic heterocycles. The molecule has 0 bridgehead atoms. The molecule has 0 aliphatic carbocycles. The van der Waals surface area contributed by atoms with Crippen molar-refractivity contribution in [2.24, 2.45) is 0 Å². The van der Waals surface area contributed by atoms with Crippen molar-refractivity contribution in [2.45, 2.75) is 37.5 Å². The molecule has 0 saturated heterocycles. The summed E-state index contributed by atoms with van der Waals surface area (Å²) >= 11 is 0. The van der Waals surface area contributed by atoms with Crippen LogP contribution in [-0.2, 0) is 27.7 Å². The molecule has 0 radical (unpaired) electrons. The predicted octanol–water partition coefficient (Wildman–Crippen LogP) is 4.32. The number of hydrogen-bond acceptors (Lipinski definition) is 7. The number of nitrogens with one attached hydrogen (secondary N) is 2. The Morgan fingerprint density at radius 1 is 0.947 bits per heavy atom. The van der Waals surface area contributed by atoms with Gasteiger partial charge in [0.25, 0.3) is 5.91 Å². The van der Waals surface area contributed by atoms with Crippen LogP contribution < -0.4 is 14.8 Å². The van der Waals surface area contributed by atoms with Crippen LogP contribution in [0.25, 0.3) is 0 Å². The number of nitrogens with zero attached hydrogens (tertiary/aromatic N) is 2. The molecule has 4 aromatic rings. The van der Waals surface area contributed by atoms with Crippen LogP contribution in [0.2, 0.25) is 0 Å². The molecule has 198 valence electrons. The summed E-state index contributed by atoms with van der Waals surface area (Å²) < 4.78 is 38.4. The third-order valence-corrected chi connectivity index (χ3v) is 7.11. The first-order valence-corrected chi connectivity index (χ1v) is 13.7. The van der Waals surface area contributed by atoms with Gasteiger partial charge in [-0.05, 0) is 53.9 Å². The van der Waals surface area contributed by atoms with Crippen LogP contribution in [0, 0.1) is 0 Å². The highest BCUT2D eigenvalue weighted by Crippen LogP contribution is 2.17. The maximum atomic E-state index is 12.5. The summed E-state index contributed by atoms with van der Waals surface area (Å²) in [6, 6.07) is 23.0. The van der Waals surface area contributed by atoms with Crippen molar-refractivity contribution in [1.29, 1.82) is 0 Å². The molecule has 2 N–H and O–H groups in total. The largest absolute Gasteiger partial charge is 0.484 e. The van der Waals surface area contributed by atoms with Crippen LogP contribution in [0.3, 0.4) is 0 Å². The number of rotatable bonds is 12. The Bertz CT molecular complexity index is 1430. The van der Waals surface area contributed by atoms with Crippen LogP contribution in [0.5, 0.6) is 5.75 Å². The standard InChI is InChI=1S/C28H30N4O5S/c1-20(2)28-31-26(32-37-28)18-22-8-10-23(11-9-22)30-27(33)19-36-24-12-14-25(15-13-24)38(34,35)29-17-16-21-6-4-3-5-7-21/h3-15,20,29H,16-19H2,1-2H3,(H,30,33). The van der Waals surface area contributed by atoms with Gasteiger partial charge in [0.2, 0.25) is 15.9 Å². The number of ether oxygens (including phenoxy) is 1. The third-order valence-electron chi connectivity index (χ3n) is 5.63. The lowest BCUT2D eigenvalue weighted by Crippen LogP contribution is -2.26. The second kappa shape index (κ2) is 12.5. The van der Waals surface area contributed by atoms with Crippen LogP contribution in [0.15, 0.2) is 88.3 Å². The fourth-order valence-electron chi connectivity index (χ4n) is 3.58. The fraction of sp³-hybridized carbons (Fsp3) is 0.250. The summed E-state index contributed by atoms with van der Waals surface area (Å²) in [4.78, 5) is 16.8. The van der Waals surface area contributed by atoms with Crippen molar-refractivity contribution < 1.29 is 22.5 Å². The first-order chi connectivity index (χ1) is 18.3. The van der Waals surface area contributed by atoms with E-state index in [4.69, 9.17) is 9.26 Å². The molecule has 1 aromatic heterocycles. The van der Waals surface area contributed by atoms with Gasteiger partial charge in [0.15, 0.2) is 12.4 Å². The maximum Gasteiger partial charge on any atom is 0.262 e. The Kier molecular flexibility index (Phi) is 8.88. The molecule has 10 heteroatoms. The van der Waals surface area contributed by atoms with Crippen LogP contribution in [0.1, 0.15) is 42.6 Å². The minimum atomic E-state index is -3.64. The van der Waals surface area contributed by atoms with Gasteiger partial charge in [-0.3, -0.25) is 4.79 Å². The second-order valence-electron chi connectivity index (χ2n) is 9.02. The molecule has 0 atom stereocenters. The Hall–Kier alpha value is -4.02. The number of hydrogen-bond donors (Lipinski definition) is 2. The SMILES string of the molecule is CC(C)c1nc(Cc2ccc(NC(=O)COc3ccc(S(=O)(=O)NCCc4ccccc4)cc3)cc2)no1. The van der Waals surface area contributed by atoms with E-state index in [0.29, 0.717) is 42.5 Å². The minimum Gasteiger partial charge on any atom is -0.484 e. The molecule has 0 aliphatic rings. The van der Waals surface area contributed by atoms with Crippen molar-refractivity contribution >= 4 is 21.6 Å². The smallest absolute Gasteiger partial charge is 0.262 e. The zero-order valence-corrected chi connectivity index (χ0v) is 22.1. The summed E-state index contributed by atoms with van der Waals surface area (Å²) in [7, 11) is -3.64. The number of sulfonamides is 1. The lowest BCUT2D eigenvalue weighted by atomic mass is 10.1. The molecule has 0 saturated carbocycles. The molecule has 0 unspecified atom stereocenters. The molecule has 0 spiro atoms. The number of amides is 1. The average Bonchev–Trinajstić information content (AvgIpc) is 3.38. The topological polar surface area (TPSA) is 123 Å². The van der Waals surface area contributed by atoms with E-state index >= 15 is 0 Å². The maximum absolute atomic E-state index is 12.5. The Morgan fingerprint density at radius 3 is 2.32 bits per heavy atom. The molecular formula is C28H30N4O5S. The minimum absolute atomic E-state index is 0.128. The number of anilines is 1. The average molecular weight is 535 g/mol. The van der Waals surface area contributed by atoms with Crippen molar-refractivity contribution in [2.75, 3.05) is 18.5 Å². The van der Waals surface area contributed by atoms with Gasteiger partial charge in [-0.1, -0.05) is 61.5 Å². The summed E-state index contributed by atoms with van der Waals surface area (Å²) in [6.45, 7) is 4.06. The van der Waals surface area contributed by atoms with Crippen LogP contribution in [0.4, 0.5) is 5.69 Å². The van der Waals surface area contributed by atoms with E-state index < -0.39 is 10.0 Å². The van der Waals surface area contributed by atoms with Crippen molar-refractivity contribution in [3.8, 4) is 5.75 Å². The monoisotopic (exact) mass is 534 g/mol. The van der Waals surface area contributed by atoms with Crippen LogP contribution in [-0.4, -0.2) is 37.6 Å². The van der Waals surface area contributed by atoms with E-state index in [1.807, 2.05) is 56.3 Å². The Labute approximate surface area is 222 Å². The van der Waals surface area contributed by atoms with Gasteiger partial charge in [-0.25, -0.2) is 13.1 Å². The van der Waals surface area contributed by atoms with E-state index in [1.54, 1.807) is 12.1 Å². The molecule has 4 rings (SSSR count). The Balaban J connectivity index is 1.22. The molecule has 1 heterocycles. The predicted molar refractivity (Wildman–Crippen MR) is 144 cm³/mol. The molecular weight excluding hydrogens is 504 g/mol. The highest BCUT2D eigenvalue weighted by Gasteiger charge is 2.14. The van der Waals surface area contributed by atoms with Crippen molar-refractivity contribution in [3.63, 3.8) is 0 Å². The third kappa shape index (κ3) is 7.74. The molecule has 38 heavy (non-hydrogen) atoms. The van der Waals surface area contributed by atoms with Gasteiger partial charge < -0.3 is 14.6 Å². The van der Waals surface area contributed by atoms with Gasteiger partial charge in [0, 0.05) is 24.6 Å². The van der Waals surface area contributed by atoms with Gasteiger partial charge in [0.1, 0.15) is 5.75 Å². The van der Waals surface area contributed by atoms with E-state index in [2.05, 4.69) is 20.2 Å². The molecule has 0 fully saturated rings. The zero-order chi connectivity index (χ0) is 27.0. The number of benzene rings is 3.